The van der Waals surface area contributed by atoms with E-state index in [0.717, 1.165) is 46.8 Å². The first-order chi connectivity index (χ1) is 16.6. The molecule has 0 fully saturated rings. The molecule has 5 nitrogen and oxygen atoms in total. The molecule has 4 aromatic rings. The fourth-order valence-corrected chi connectivity index (χ4v) is 6.17. The molecule has 34 heavy (non-hydrogen) atoms. The summed E-state index contributed by atoms with van der Waals surface area (Å²) in [7, 11) is 0. The molecule has 0 bridgehead atoms. The average Bonchev–Trinajstić information content (AvgIpc) is 3.51. The zero-order valence-corrected chi connectivity index (χ0v) is 20.9. The van der Waals surface area contributed by atoms with Crippen LogP contribution < -0.4 is 10.6 Å². The Morgan fingerprint density at radius 1 is 1.15 bits per heavy atom. The fourth-order valence-electron chi connectivity index (χ4n) is 4.44. The predicted octanol–water partition coefficient (Wildman–Crippen LogP) is 7.10. The number of nitrogens with zero attached hydrogens (tertiary/aromatic N) is 1. The Morgan fingerprint density at radius 2 is 1.97 bits per heavy atom. The molecule has 7 heteroatoms. The second kappa shape index (κ2) is 10.1. The van der Waals surface area contributed by atoms with E-state index >= 15 is 0 Å². The van der Waals surface area contributed by atoms with Gasteiger partial charge in [-0.2, -0.15) is 0 Å². The number of thioether (sulfide) groups is 1. The molecule has 0 saturated heterocycles. The minimum atomic E-state index is -0.227. The number of rotatable bonds is 7. The summed E-state index contributed by atoms with van der Waals surface area (Å²) >= 11 is 3.42. The largest absolute Gasteiger partial charge is 0.459 e. The second-order valence-corrected chi connectivity index (χ2v) is 10.4. The van der Waals surface area contributed by atoms with Gasteiger partial charge in [0.1, 0.15) is 10.8 Å². The monoisotopic (exact) mass is 489 g/mol. The molecule has 0 saturated carbocycles. The first-order valence-electron chi connectivity index (χ1n) is 11.4. The van der Waals surface area contributed by atoms with E-state index in [1.54, 1.807) is 35.2 Å². The van der Waals surface area contributed by atoms with Gasteiger partial charge in [0, 0.05) is 21.5 Å². The minimum Gasteiger partial charge on any atom is -0.459 e. The number of furan rings is 1. The number of pyridine rings is 1. The summed E-state index contributed by atoms with van der Waals surface area (Å²) in [4.78, 5) is 20.1. The van der Waals surface area contributed by atoms with Crippen LogP contribution in [0.1, 0.15) is 56.6 Å². The summed E-state index contributed by atoms with van der Waals surface area (Å²) < 4.78 is 5.35. The van der Waals surface area contributed by atoms with E-state index in [0.29, 0.717) is 5.76 Å². The van der Waals surface area contributed by atoms with Crippen molar-refractivity contribution < 1.29 is 9.21 Å². The first-order valence-corrected chi connectivity index (χ1v) is 13.5. The standard InChI is InChI=1S/C27H27N3O2S2/c1-17-13-14-28-23(16-17)29-25(18-9-11-19(33-2)12-10-18)24-20-6-3-4-8-22(20)34-27(24)30-26(31)21-7-5-15-32-21/h5,7,9-16,25H,3-4,6,8H2,1-2H3,(H,28,29)(H,30,31)/t25-/m0/s1. The maximum atomic E-state index is 13.0. The lowest BCUT2D eigenvalue weighted by atomic mass is 9.89. The summed E-state index contributed by atoms with van der Waals surface area (Å²) in [6.07, 6.45) is 9.83. The van der Waals surface area contributed by atoms with Gasteiger partial charge in [-0.05, 0) is 92.0 Å². The van der Waals surface area contributed by atoms with Gasteiger partial charge in [-0.1, -0.05) is 12.1 Å². The summed E-state index contributed by atoms with van der Waals surface area (Å²) in [5, 5.41) is 7.73. The number of carbonyl (C=O) groups excluding carboxylic acids is 1. The third-order valence-corrected chi connectivity index (χ3v) is 8.10. The third kappa shape index (κ3) is 4.76. The Kier molecular flexibility index (Phi) is 6.74. The number of carbonyl (C=O) groups is 1. The van der Waals surface area contributed by atoms with Crippen LogP contribution in [-0.2, 0) is 12.8 Å². The smallest absolute Gasteiger partial charge is 0.291 e. The molecule has 0 aliphatic heterocycles. The van der Waals surface area contributed by atoms with E-state index in [2.05, 4.69) is 59.1 Å². The summed E-state index contributed by atoms with van der Waals surface area (Å²) in [5.41, 5.74) is 4.78. The quantitative estimate of drug-likeness (QED) is 0.271. The molecule has 0 unspecified atom stereocenters. The van der Waals surface area contributed by atoms with Crippen LogP contribution in [0.4, 0.5) is 10.8 Å². The number of benzene rings is 1. The zero-order chi connectivity index (χ0) is 23.5. The average molecular weight is 490 g/mol. The van der Waals surface area contributed by atoms with Crippen molar-refractivity contribution in [1.82, 2.24) is 4.98 Å². The van der Waals surface area contributed by atoms with Crippen LogP contribution in [-0.4, -0.2) is 17.1 Å². The van der Waals surface area contributed by atoms with Crippen LogP contribution in [0, 0.1) is 6.92 Å². The van der Waals surface area contributed by atoms with Crippen molar-refractivity contribution in [2.45, 2.75) is 43.5 Å². The van der Waals surface area contributed by atoms with Crippen LogP contribution in [0.25, 0.3) is 0 Å². The topological polar surface area (TPSA) is 67.2 Å². The van der Waals surface area contributed by atoms with Crippen molar-refractivity contribution >= 4 is 39.8 Å². The molecule has 174 valence electrons. The highest BCUT2D eigenvalue weighted by atomic mass is 32.2. The highest BCUT2D eigenvalue weighted by Crippen LogP contribution is 2.44. The Morgan fingerprint density at radius 3 is 2.71 bits per heavy atom. The first kappa shape index (κ1) is 22.7. The van der Waals surface area contributed by atoms with Crippen LogP contribution >= 0.6 is 23.1 Å². The number of amides is 1. The number of nitrogens with one attached hydrogen (secondary N) is 2. The number of thiophene rings is 1. The number of aryl methyl sites for hydroxylation is 2. The Bertz CT molecular complexity index is 1280. The van der Waals surface area contributed by atoms with Crippen LogP contribution in [0.15, 0.2) is 70.3 Å². The maximum absolute atomic E-state index is 13.0. The van der Waals surface area contributed by atoms with Gasteiger partial charge in [0.15, 0.2) is 5.76 Å². The normalized spacial score (nSPS) is 13.8. The molecule has 0 radical (unpaired) electrons. The summed E-state index contributed by atoms with van der Waals surface area (Å²) in [6, 6.07) is 16.0. The molecule has 1 aromatic carbocycles. The molecule has 1 aliphatic carbocycles. The van der Waals surface area contributed by atoms with Crippen molar-refractivity contribution in [2.75, 3.05) is 16.9 Å². The number of aromatic nitrogens is 1. The van der Waals surface area contributed by atoms with E-state index in [4.69, 9.17) is 4.42 Å². The number of anilines is 2. The molecule has 5 rings (SSSR count). The molecule has 1 aliphatic rings. The van der Waals surface area contributed by atoms with E-state index < -0.39 is 0 Å². The molecule has 3 heterocycles. The van der Waals surface area contributed by atoms with Crippen LogP contribution in [0.5, 0.6) is 0 Å². The Hall–Kier alpha value is -3.03. The molecular weight excluding hydrogens is 462 g/mol. The van der Waals surface area contributed by atoms with Crippen molar-refractivity contribution in [1.29, 1.82) is 0 Å². The van der Waals surface area contributed by atoms with Crippen molar-refractivity contribution in [3.63, 3.8) is 0 Å². The van der Waals surface area contributed by atoms with E-state index in [-0.39, 0.29) is 11.9 Å². The van der Waals surface area contributed by atoms with Gasteiger partial charge in [0.05, 0.1) is 12.3 Å². The SMILES string of the molecule is CSc1ccc([C@H](Nc2cc(C)ccn2)c2c(NC(=O)c3ccco3)sc3c2CCCC3)cc1. The molecular formula is C27H27N3O2S2. The van der Waals surface area contributed by atoms with Crippen molar-refractivity contribution in [3.8, 4) is 0 Å². The van der Waals surface area contributed by atoms with Gasteiger partial charge < -0.3 is 15.1 Å². The number of hydrogen-bond donors (Lipinski definition) is 2. The van der Waals surface area contributed by atoms with Gasteiger partial charge in [0.2, 0.25) is 0 Å². The lowest BCUT2D eigenvalue weighted by molar-refractivity contribution is 0.0997. The Labute approximate surface area is 208 Å². The highest BCUT2D eigenvalue weighted by Gasteiger charge is 2.29. The zero-order valence-electron chi connectivity index (χ0n) is 19.3. The molecule has 2 N–H and O–H groups in total. The van der Waals surface area contributed by atoms with Gasteiger partial charge in [-0.25, -0.2) is 4.98 Å². The summed E-state index contributed by atoms with van der Waals surface area (Å²) in [6.45, 7) is 2.07. The molecule has 0 spiro atoms. The lowest BCUT2D eigenvalue weighted by Crippen LogP contribution is -2.18. The van der Waals surface area contributed by atoms with E-state index in [1.165, 1.54) is 28.0 Å². The van der Waals surface area contributed by atoms with Gasteiger partial charge >= 0.3 is 0 Å². The fraction of sp³-hybridized carbons (Fsp3) is 0.259. The molecule has 1 atom stereocenters. The summed E-state index contributed by atoms with van der Waals surface area (Å²) in [5.74, 6) is 0.902. The molecule has 3 aromatic heterocycles. The second-order valence-electron chi connectivity index (χ2n) is 8.45. The van der Waals surface area contributed by atoms with Crippen LogP contribution in [0.3, 0.4) is 0 Å². The maximum Gasteiger partial charge on any atom is 0.291 e. The number of fused-ring (bicyclic) bond motifs is 1. The van der Waals surface area contributed by atoms with Gasteiger partial charge in [0.25, 0.3) is 5.91 Å². The highest BCUT2D eigenvalue weighted by molar-refractivity contribution is 7.98. The van der Waals surface area contributed by atoms with E-state index in [1.807, 2.05) is 12.3 Å². The predicted molar refractivity (Wildman–Crippen MR) is 140 cm³/mol. The lowest BCUT2D eigenvalue weighted by Gasteiger charge is -2.24. The minimum absolute atomic E-state index is 0.143. The van der Waals surface area contributed by atoms with E-state index in [9.17, 15) is 4.79 Å². The van der Waals surface area contributed by atoms with Crippen LogP contribution in [0.2, 0.25) is 0 Å². The van der Waals surface area contributed by atoms with Crippen molar-refractivity contribution in [2.24, 2.45) is 0 Å². The van der Waals surface area contributed by atoms with Gasteiger partial charge in [-0.3, -0.25) is 4.79 Å². The number of hydrogen-bond acceptors (Lipinski definition) is 6. The van der Waals surface area contributed by atoms with Crippen molar-refractivity contribution in [3.05, 3.63) is 93.9 Å². The van der Waals surface area contributed by atoms with Gasteiger partial charge in [-0.15, -0.1) is 23.1 Å². The third-order valence-electron chi connectivity index (χ3n) is 6.13. The Balaban J connectivity index is 1.61. The molecule has 1 amide bonds.